The van der Waals surface area contributed by atoms with Crippen LogP contribution in [0.1, 0.15) is 18.1 Å². The molecule has 0 saturated heterocycles. The van der Waals surface area contributed by atoms with Crippen LogP contribution in [0.4, 0.5) is 0 Å². The summed E-state index contributed by atoms with van der Waals surface area (Å²) in [7, 11) is -2.07. The minimum Gasteiger partial charge on any atom is -0.496 e. The fourth-order valence-corrected chi connectivity index (χ4v) is 2.86. The van der Waals surface area contributed by atoms with E-state index in [0.29, 0.717) is 11.3 Å². The normalized spacial score (nSPS) is 11.2. The van der Waals surface area contributed by atoms with Crippen molar-refractivity contribution in [1.29, 1.82) is 0 Å². The number of methoxy groups -OCH3 is 1. The highest BCUT2D eigenvalue weighted by molar-refractivity contribution is 7.91. The van der Waals surface area contributed by atoms with Crippen LogP contribution >= 0.6 is 0 Å². The molecule has 1 N–H and O–H groups in total. The molecule has 0 fully saturated rings. The molecule has 1 aromatic carbocycles. The summed E-state index contributed by atoms with van der Waals surface area (Å²) >= 11 is 0. The summed E-state index contributed by atoms with van der Waals surface area (Å²) < 4.78 is 28.2. The Morgan fingerprint density at radius 2 is 2.06 bits per heavy atom. The van der Waals surface area contributed by atoms with Gasteiger partial charge in [0.25, 0.3) is 0 Å². The van der Waals surface area contributed by atoms with Crippen LogP contribution in [0, 0.1) is 0 Å². The van der Waals surface area contributed by atoms with E-state index in [0.717, 1.165) is 12.0 Å². The van der Waals surface area contributed by atoms with Crippen molar-refractivity contribution >= 4 is 15.8 Å². The highest BCUT2D eigenvalue weighted by Crippen LogP contribution is 2.21. The standard InChI is InChI=1S/C12H16O5S/c1-3-10-6-9(4-5-11(10)17-2)7-18(15,16)8-12(13)14/h4-6H,3,7-8H2,1-2H3,(H,13,14). The van der Waals surface area contributed by atoms with E-state index >= 15 is 0 Å². The van der Waals surface area contributed by atoms with Crippen molar-refractivity contribution in [2.75, 3.05) is 12.9 Å². The van der Waals surface area contributed by atoms with Gasteiger partial charge in [-0.3, -0.25) is 4.79 Å². The largest absolute Gasteiger partial charge is 0.496 e. The second-order valence-corrected chi connectivity index (χ2v) is 5.99. The van der Waals surface area contributed by atoms with Crippen LogP contribution in [-0.2, 0) is 26.8 Å². The number of benzene rings is 1. The third-order valence-electron chi connectivity index (χ3n) is 2.46. The average Bonchev–Trinajstić information content (AvgIpc) is 2.26. The molecule has 0 bridgehead atoms. The first-order valence-electron chi connectivity index (χ1n) is 5.46. The molecule has 5 nitrogen and oxygen atoms in total. The van der Waals surface area contributed by atoms with Crippen LogP contribution in [0.5, 0.6) is 5.75 Å². The fourth-order valence-electron chi connectivity index (χ4n) is 1.69. The molecule has 1 aromatic rings. The minimum absolute atomic E-state index is 0.268. The Balaban J connectivity index is 2.95. The SMILES string of the molecule is CCc1cc(CS(=O)(=O)CC(=O)O)ccc1OC. The van der Waals surface area contributed by atoms with Crippen LogP contribution in [0.25, 0.3) is 0 Å². The van der Waals surface area contributed by atoms with Gasteiger partial charge < -0.3 is 9.84 Å². The number of ether oxygens (including phenoxy) is 1. The van der Waals surface area contributed by atoms with Gasteiger partial charge in [-0.1, -0.05) is 19.1 Å². The second kappa shape index (κ2) is 5.86. The Kier molecular flexibility index (Phi) is 4.72. The van der Waals surface area contributed by atoms with Crippen molar-refractivity contribution in [1.82, 2.24) is 0 Å². The second-order valence-electron chi connectivity index (χ2n) is 3.93. The Hall–Kier alpha value is -1.56. The number of aryl methyl sites for hydroxylation is 1. The summed E-state index contributed by atoms with van der Waals surface area (Å²) in [5.74, 6) is -1.74. The molecule has 0 spiro atoms. The predicted octanol–water partition coefficient (Wildman–Crippen LogP) is 1.26. The van der Waals surface area contributed by atoms with Crippen molar-refractivity contribution in [3.05, 3.63) is 29.3 Å². The monoisotopic (exact) mass is 272 g/mol. The lowest BCUT2D eigenvalue weighted by Gasteiger charge is -2.09. The Morgan fingerprint density at radius 3 is 2.56 bits per heavy atom. The van der Waals surface area contributed by atoms with Gasteiger partial charge in [-0.15, -0.1) is 0 Å². The zero-order valence-electron chi connectivity index (χ0n) is 10.3. The van der Waals surface area contributed by atoms with E-state index < -0.39 is 21.6 Å². The first kappa shape index (κ1) is 14.5. The lowest BCUT2D eigenvalue weighted by Crippen LogP contribution is -2.17. The van der Waals surface area contributed by atoms with Gasteiger partial charge in [0, 0.05) is 0 Å². The fraction of sp³-hybridized carbons (Fsp3) is 0.417. The average molecular weight is 272 g/mol. The topological polar surface area (TPSA) is 80.7 Å². The summed E-state index contributed by atoms with van der Waals surface area (Å²) in [6.07, 6.45) is 0.718. The summed E-state index contributed by atoms with van der Waals surface area (Å²) in [5.41, 5.74) is 1.48. The van der Waals surface area contributed by atoms with Crippen molar-refractivity contribution in [2.45, 2.75) is 19.1 Å². The molecule has 1 rings (SSSR count). The number of sulfone groups is 1. The molecule has 0 atom stereocenters. The smallest absolute Gasteiger partial charge is 0.318 e. The van der Waals surface area contributed by atoms with E-state index in [4.69, 9.17) is 9.84 Å². The molecule has 0 aliphatic rings. The number of carboxylic acids is 1. The van der Waals surface area contributed by atoms with Gasteiger partial charge in [-0.05, 0) is 23.6 Å². The van der Waals surface area contributed by atoms with Gasteiger partial charge in [0.1, 0.15) is 11.5 Å². The molecule has 0 aliphatic carbocycles. The van der Waals surface area contributed by atoms with Gasteiger partial charge in [0.05, 0.1) is 12.9 Å². The lowest BCUT2D eigenvalue weighted by molar-refractivity contribution is -0.134. The summed E-state index contributed by atoms with van der Waals surface area (Å²) in [4.78, 5) is 10.4. The molecule has 18 heavy (non-hydrogen) atoms. The van der Waals surface area contributed by atoms with E-state index in [1.165, 1.54) is 0 Å². The van der Waals surface area contributed by atoms with E-state index in [9.17, 15) is 13.2 Å². The van der Waals surface area contributed by atoms with Crippen molar-refractivity contribution in [3.63, 3.8) is 0 Å². The van der Waals surface area contributed by atoms with E-state index in [1.807, 2.05) is 6.92 Å². The summed E-state index contributed by atoms with van der Waals surface area (Å²) in [5, 5.41) is 8.51. The first-order chi connectivity index (χ1) is 8.38. The van der Waals surface area contributed by atoms with Crippen molar-refractivity contribution in [2.24, 2.45) is 0 Å². The summed E-state index contributed by atoms with van der Waals surface area (Å²) in [6.45, 7) is 1.94. The zero-order chi connectivity index (χ0) is 13.8. The van der Waals surface area contributed by atoms with Gasteiger partial charge >= 0.3 is 5.97 Å². The summed E-state index contributed by atoms with van der Waals surface area (Å²) in [6, 6.07) is 5.07. The van der Waals surface area contributed by atoms with Crippen LogP contribution in [0.3, 0.4) is 0 Å². The predicted molar refractivity (Wildman–Crippen MR) is 67.5 cm³/mol. The van der Waals surface area contributed by atoms with Crippen LogP contribution < -0.4 is 4.74 Å². The van der Waals surface area contributed by atoms with Crippen LogP contribution in [0.2, 0.25) is 0 Å². The maximum Gasteiger partial charge on any atom is 0.318 e. The molecular weight excluding hydrogens is 256 g/mol. The maximum absolute atomic E-state index is 11.6. The minimum atomic E-state index is -3.62. The highest BCUT2D eigenvalue weighted by atomic mass is 32.2. The molecular formula is C12H16O5S. The first-order valence-corrected chi connectivity index (χ1v) is 7.28. The third-order valence-corrected chi connectivity index (χ3v) is 3.92. The Morgan fingerprint density at radius 1 is 1.39 bits per heavy atom. The molecule has 0 unspecified atom stereocenters. The zero-order valence-corrected chi connectivity index (χ0v) is 11.2. The molecule has 0 amide bonds. The molecule has 0 aromatic heterocycles. The van der Waals surface area contributed by atoms with E-state index in [2.05, 4.69) is 0 Å². The number of carbonyl (C=O) groups is 1. The molecule has 6 heteroatoms. The van der Waals surface area contributed by atoms with Crippen molar-refractivity contribution in [3.8, 4) is 5.75 Å². The number of aliphatic carboxylic acids is 1. The lowest BCUT2D eigenvalue weighted by atomic mass is 10.1. The van der Waals surface area contributed by atoms with Crippen LogP contribution in [0.15, 0.2) is 18.2 Å². The third kappa shape index (κ3) is 4.03. The molecule has 0 heterocycles. The van der Waals surface area contributed by atoms with E-state index in [1.54, 1.807) is 25.3 Å². The van der Waals surface area contributed by atoms with Crippen molar-refractivity contribution < 1.29 is 23.1 Å². The van der Waals surface area contributed by atoms with Crippen LogP contribution in [-0.4, -0.2) is 32.4 Å². The van der Waals surface area contributed by atoms with Gasteiger partial charge in [0.2, 0.25) is 0 Å². The van der Waals surface area contributed by atoms with Gasteiger partial charge in [-0.25, -0.2) is 8.42 Å². The number of hydrogen-bond donors (Lipinski definition) is 1. The van der Waals surface area contributed by atoms with Gasteiger partial charge in [0.15, 0.2) is 9.84 Å². The van der Waals surface area contributed by atoms with Gasteiger partial charge in [-0.2, -0.15) is 0 Å². The molecule has 0 radical (unpaired) electrons. The Bertz CT molecular complexity index is 533. The number of carboxylic acid groups (broad SMARTS) is 1. The quantitative estimate of drug-likeness (QED) is 0.843. The maximum atomic E-state index is 11.6. The highest BCUT2D eigenvalue weighted by Gasteiger charge is 2.17. The van der Waals surface area contributed by atoms with E-state index in [-0.39, 0.29) is 5.75 Å². The number of rotatable bonds is 6. The molecule has 0 aliphatic heterocycles. The molecule has 0 saturated carbocycles. The Labute approximate surface area is 106 Å². The molecule has 100 valence electrons. The number of hydrogen-bond acceptors (Lipinski definition) is 4.